The molecule has 1 heterocycles. The molecular formula is C20H21F3N2O4S. The molecule has 0 spiro atoms. The summed E-state index contributed by atoms with van der Waals surface area (Å²) in [6.45, 7) is 0.426. The van der Waals surface area contributed by atoms with Crippen molar-refractivity contribution < 1.29 is 31.1 Å². The highest BCUT2D eigenvalue weighted by Gasteiger charge is 2.32. The van der Waals surface area contributed by atoms with E-state index in [0.29, 0.717) is 18.4 Å². The zero-order chi connectivity index (χ0) is 21.8. The zero-order valence-electron chi connectivity index (χ0n) is 15.9. The molecule has 0 atom stereocenters. The number of carbonyl (C=O) groups excluding carboxylic acids is 1. The smallest absolute Gasteiger partial charge is 0.406 e. The summed E-state index contributed by atoms with van der Waals surface area (Å²) in [6.07, 6.45) is -4.15. The summed E-state index contributed by atoms with van der Waals surface area (Å²) in [4.78, 5) is 12.5. The average Bonchev–Trinajstić information content (AvgIpc) is 2.67. The standard InChI is InChI=1S/C20H21F3N2O4S/c21-20(22,23)29-18-8-4-7-17(13-18)24-19(26)16-9-11-25(12-10-16)30(27,28)14-15-5-2-1-3-6-15/h1-8,13,16H,9-12,14H2,(H,24,26). The van der Waals surface area contributed by atoms with E-state index in [1.807, 2.05) is 6.07 Å². The number of amides is 1. The van der Waals surface area contributed by atoms with E-state index in [9.17, 15) is 26.4 Å². The van der Waals surface area contributed by atoms with Gasteiger partial charge in [-0.2, -0.15) is 0 Å². The Balaban J connectivity index is 1.55. The molecule has 30 heavy (non-hydrogen) atoms. The van der Waals surface area contributed by atoms with Crippen molar-refractivity contribution in [2.75, 3.05) is 18.4 Å². The van der Waals surface area contributed by atoms with Gasteiger partial charge in [-0.05, 0) is 30.5 Å². The van der Waals surface area contributed by atoms with Crippen molar-refractivity contribution in [2.45, 2.75) is 25.0 Å². The molecule has 0 saturated carbocycles. The second kappa shape index (κ2) is 9.05. The maximum absolute atomic E-state index is 12.6. The van der Waals surface area contributed by atoms with E-state index in [0.717, 1.165) is 12.1 Å². The molecule has 1 saturated heterocycles. The first-order chi connectivity index (χ1) is 14.1. The molecule has 10 heteroatoms. The molecule has 1 aliphatic heterocycles. The molecule has 0 unspecified atom stereocenters. The van der Waals surface area contributed by atoms with Crippen LogP contribution in [-0.4, -0.2) is 38.1 Å². The molecule has 1 fully saturated rings. The number of piperidine rings is 1. The minimum atomic E-state index is -4.82. The number of nitrogens with one attached hydrogen (secondary N) is 1. The van der Waals surface area contributed by atoms with Crippen molar-refractivity contribution in [1.82, 2.24) is 4.31 Å². The van der Waals surface area contributed by atoms with Gasteiger partial charge in [-0.25, -0.2) is 12.7 Å². The third-order valence-electron chi connectivity index (χ3n) is 4.75. The van der Waals surface area contributed by atoms with Gasteiger partial charge in [0.1, 0.15) is 5.75 Å². The van der Waals surface area contributed by atoms with Crippen LogP contribution in [0.25, 0.3) is 0 Å². The molecular weight excluding hydrogens is 421 g/mol. The van der Waals surface area contributed by atoms with Gasteiger partial charge in [-0.1, -0.05) is 36.4 Å². The predicted octanol–water partition coefficient (Wildman–Crippen LogP) is 3.77. The van der Waals surface area contributed by atoms with Crippen LogP contribution in [0.5, 0.6) is 5.75 Å². The lowest BCUT2D eigenvalue weighted by Crippen LogP contribution is -2.41. The highest BCUT2D eigenvalue weighted by atomic mass is 32.2. The zero-order valence-corrected chi connectivity index (χ0v) is 16.7. The maximum atomic E-state index is 12.6. The van der Waals surface area contributed by atoms with Crippen LogP contribution in [0.1, 0.15) is 18.4 Å². The Morgan fingerprint density at radius 1 is 1.07 bits per heavy atom. The summed E-state index contributed by atoms with van der Waals surface area (Å²) in [5.41, 5.74) is 0.874. The number of anilines is 1. The minimum Gasteiger partial charge on any atom is -0.406 e. The Kier molecular flexibility index (Phi) is 6.67. The lowest BCUT2D eigenvalue weighted by atomic mass is 9.97. The Morgan fingerprint density at radius 2 is 1.73 bits per heavy atom. The van der Waals surface area contributed by atoms with Crippen LogP contribution in [-0.2, 0) is 20.6 Å². The molecule has 1 amide bonds. The highest BCUT2D eigenvalue weighted by molar-refractivity contribution is 7.88. The van der Waals surface area contributed by atoms with E-state index in [4.69, 9.17) is 0 Å². The first-order valence-corrected chi connectivity index (χ1v) is 10.9. The molecule has 0 aliphatic carbocycles. The number of rotatable bonds is 6. The Hall–Kier alpha value is -2.59. The lowest BCUT2D eigenvalue weighted by molar-refractivity contribution is -0.274. The third-order valence-corrected chi connectivity index (χ3v) is 6.60. The van der Waals surface area contributed by atoms with E-state index in [2.05, 4.69) is 10.1 Å². The topological polar surface area (TPSA) is 75.7 Å². The number of benzene rings is 2. The Labute approximate surface area is 172 Å². The normalized spacial score (nSPS) is 16.2. The first kappa shape index (κ1) is 22.1. The fourth-order valence-corrected chi connectivity index (χ4v) is 4.85. The molecule has 0 aromatic heterocycles. The van der Waals surface area contributed by atoms with E-state index >= 15 is 0 Å². The van der Waals surface area contributed by atoms with E-state index in [-0.39, 0.29) is 30.4 Å². The van der Waals surface area contributed by atoms with Crippen molar-refractivity contribution in [3.05, 3.63) is 60.2 Å². The van der Waals surface area contributed by atoms with Crippen molar-refractivity contribution in [1.29, 1.82) is 0 Å². The highest BCUT2D eigenvalue weighted by Crippen LogP contribution is 2.27. The van der Waals surface area contributed by atoms with E-state index < -0.39 is 28.1 Å². The summed E-state index contributed by atoms with van der Waals surface area (Å²) in [6, 6.07) is 13.9. The Morgan fingerprint density at radius 3 is 2.37 bits per heavy atom. The van der Waals surface area contributed by atoms with Gasteiger partial charge in [0.2, 0.25) is 15.9 Å². The van der Waals surface area contributed by atoms with Crippen molar-refractivity contribution in [3.63, 3.8) is 0 Å². The van der Waals surface area contributed by atoms with Gasteiger partial charge in [-0.15, -0.1) is 13.2 Å². The number of hydrogen-bond donors (Lipinski definition) is 1. The second-order valence-electron chi connectivity index (χ2n) is 6.98. The summed E-state index contributed by atoms with van der Waals surface area (Å²) in [5, 5.41) is 2.58. The quantitative estimate of drug-likeness (QED) is 0.739. The molecule has 0 radical (unpaired) electrons. The Bertz CT molecular complexity index is 973. The monoisotopic (exact) mass is 442 g/mol. The molecule has 2 aromatic rings. The van der Waals surface area contributed by atoms with Crippen molar-refractivity contribution in [3.8, 4) is 5.75 Å². The molecule has 2 aromatic carbocycles. The summed E-state index contributed by atoms with van der Waals surface area (Å²) in [5.74, 6) is -1.32. The van der Waals surface area contributed by atoms with E-state index in [1.54, 1.807) is 24.3 Å². The van der Waals surface area contributed by atoms with Crippen LogP contribution < -0.4 is 10.1 Å². The van der Waals surface area contributed by atoms with Gasteiger partial charge in [0.25, 0.3) is 0 Å². The summed E-state index contributed by atoms with van der Waals surface area (Å²) < 4.78 is 67.4. The number of alkyl halides is 3. The molecule has 3 rings (SSSR count). The van der Waals surface area contributed by atoms with Gasteiger partial charge < -0.3 is 10.1 Å². The van der Waals surface area contributed by atoms with Gasteiger partial charge in [0, 0.05) is 30.8 Å². The predicted molar refractivity (Wildman–Crippen MR) is 105 cm³/mol. The van der Waals surface area contributed by atoms with Crippen LogP contribution in [0.4, 0.5) is 18.9 Å². The fraction of sp³-hybridized carbons (Fsp3) is 0.350. The second-order valence-corrected chi connectivity index (χ2v) is 8.95. The molecule has 0 bridgehead atoms. The minimum absolute atomic E-state index is 0.100. The molecule has 6 nitrogen and oxygen atoms in total. The molecule has 162 valence electrons. The van der Waals surface area contributed by atoms with Crippen LogP contribution in [0.3, 0.4) is 0 Å². The molecule has 1 N–H and O–H groups in total. The summed E-state index contributed by atoms with van der Waals surface area (Å²) in [7, 11) is -3.49. The van der Waals surface area contributed by atoms with Gasteiger partial charge >= 0.3 is 6.36 Å². The van der Waals surface area contributed by atoms with Crippen molar-refractivity contribution in [2.24, 2.45) is 5.92 Å². The van der Waals surface area contributed by atoms with Gasteiger partial charge in [-0.3, -0.25) is 4.79 Å². The number of halogens is 3. The van der Waals surface area contributed by atoms with Gasteiger partial charge in [0.05, 0.1) is 5.75 Å². The summed E-state index contributed by atoms with van der Waals surface area (Å²) >= 11 is 0. The van der Waals surface area contributed by atoms with Gasteiger partial charge in [0.15, 0.2) is 0 Å². The maximum Gasteiger partial charge on any atom is 0.573 e. The molecule has 1 aliphatic rings. The van der Waals surface area contributed by atoms with Crippen LogP contribution in [0, 0.1) is 5.92 Å². The fourth-order valence-electron chi connectivity index (χ4n) is 3.29. The average molecular weight is 442 g/mol. The SMILES string of the molecule is O=C(Nc1cccc(OC(F)(F)F)c1)C1CCN(S(=O)(=O)Cc2ccccc2)CC1. The van der Waals surface area contributed by atoms with Crippen LogP contribution >= 0.6 is 0 Å². The largest absolute Gasteiger partial charge is 0.573 e. The van der Waals surface area contributed by atoms with E-state index in [1.165, 1.54) is 16.4 Å². The van der Waals surface area contributed by atoms with Crippen LogP contribution in [0.2, 0.25) is 0 Å². The number of sulfonamides is 1. The first-order valence-electron chi connectivity index (χ1n) is 9.31. The number of hydrogen-bond acceptors (Lipinski definition) is 4. The number of ether oxygens (including phenoxy) is 1. The number of carbonyl (C=O) groups is 1. The van der Waals surface area contributed by atoms with Crippen LogP contribution in [0.15, 0.2) is 54.6 Å². The lowest BCUT2D eigenvalue weighted by Gasteiger charge is -2.30. The van der Waals surface area contributed by atoms with Crippen molar-refractivity contribution >= 4 is 21.6 Å². The number of nitrogens with zero attached hydrogens (tertiary/aromatic N) is 1. The third kappa shape index (κ3) is 6.20.